The number of amides is 1. The summed E-state index contributed by atoms with van der Waals surface area (Å²) in [5, 5.41) is 6.75. The van der Waals surface area contributed by atoms with Crippen LogP contribution in [0.4, 0.5) is 18.9 Å². The fourth-order valence-corrected chi connectivity index (χ4v) is 2.63. The van der Waals surface area contributed by atoms with Gasteiger partial charge in [-0.2, -0.15) is 18.3 Å². The lowest BCUT2D eigenvalue weighted by atomic mass is 10.2. The molecule has 2 aromatic carbocycles. The molecule has 2 heterocycles. The number of alkyl halides is 3. The average Bonchev–Trinajstić information content (AvgIpc) is 3.35. The lowest BCUT2D eigenvalue weighted by Crippen LogP contribution is -2.14. The highest BCUT2D eigenvalue weighted by Crippen LogP contribution is 2.34. The minimum absolute atomic E-state index is 0.0432. The molecule has 0 radical (unpaired) electrons. The smallest absolute Gasteiger partial charge is 0.416 e. The molecule has 10 heteroatoms. The Morgan fingerprint density at radius 2 is 1.97 bits per heavy atom. The number of fused-ring (bicyclic) bond motifs is 1. The van der Waals surface area contributed by atoms with E-state index >= 15 is 0 Å². The van der Waals surface area contributed by atoms with Crippen molar-refractivity contribution >= 4 is 11.6 Å². The Hall–Kier alpha value is -3.69. The minimum Gasteiger partial charge on any atom is -0.471 e. The summed E-state index contributed by atoms with van der Waals surface area (Å²) in [7, 11) is 0. The number of hydrogen-bond acceptors (Lipinski definition) is 5. The van der Waals surface area contributed by atoms with Crippen LogP contribution in [0.2, 0.25) is 0 Å². The van der Waals surface area contributed by atoms with Gasteiger partial charge in [0.15, 0.2) is 23.9 Å². The van der Waals surface area contributed by atoms with Crippen LogP contribution in [0.3, 0.4) is 0 Å². The highest BCUT2D eigenvalue weighted by molar-refractivity contribution is 6.02. The average molecular weight is 405 g/mol. The van der Waals surface area contributed by atoms with Gasteiger partial charge in [-0.1, -0.05) is 6.07 Å². The maximum absolute atomic E-state index is 12.7. The van der Waals surface area contributed by atoms with Gasteiger partial charge >= 0.3 is 6.18 Å². The van der Waals surface area contributed by atoms with Crippen LogP contribution < -0.4 is 19.5 Å². The molecule has 1 aliphatic rings. The van der Waals surface area contributed by atoms with Crippen molar-refractivity contribution < 1.29 is 32.2 Å². The van der Waals surface area contributed by atoms with Gasteiger partial charge in [0.2, 0.25) is 6.79 Å². The maximum Gasteiger partial charge on any atom is 0.416 e. The van der Waals surface area contributed by atoms with E-state index < -0.39 is 17.6 Å². The van der Waals surface area contributed by atoms with Crippen LogP contribution in [0.25, 0.3) is 0 Å². The summed E-state index contributed by atoms with van der Waals surface area (Å²) in [4.78, 5) is 12.3. The number of anilines is 1. The molecule has 0 bridgehead atoms. The molecule has 0 fully saturated rings. The van der Waals surface area contributed by atoms with Gasteiger partial charge < -0.3 is 19.5 Å². The topological polar surface area (TPSA) is 74.6 Å². The quantitative estimate of drug-likeness (QED) is 0.697. The molecule has 0 atom stereocenters. The lowest BCUT2D eigenvalue weighted by Gasteiger charge is -2.10. The van der Waals surface area contributed by atoms with E-state index in [9.17, 15) is 18.0 Å². The molecule has 1 amide bonds. The largest absolute Gasteiger partial charge is 0.471 e. The zero-order valence-corrected chi connectivity index (χ0v) is 14.8. The normalized spacial score (nSPS) is 12.7. The van der Waals surface area contributed by atoms with Gasteiger partial charge in [0.25, 0.3) is 5.91 Å². The Kier molecular flexibility index (Phi) is 4.75. The van der Waals surface area contributed by atoms with Crippen molar-refractivity contribution in [2.45, 2.75) is 12.9 Å². The summed E-state index contributed by atoms with van der Waals surface area (Å²) in [5.74, 6) is 0.713. The zero-order chi connectivity index (χ0) is 20.4. The summed E-state index contributed by atoms with van der Waals surface area (Å²) in [5.41, 5.74) is -0.177. The molecule has 3 aromatic rings. The Morgan fingerprint density at radius 1 is 1.14 bits per heavy atom. The number of hydrogen-bond donors (Lipinski definition) is 1. The van der Waals surface area contributed by atoms with E-state index in [1.54, 1.807) is 18.2 Å². The van der Waals surface area contributed by atoms with E-state index in [4.69, 9.17) is 14.2 Å². The first-order valence-electron chi connectivity index (χ1n) is 8.43. The molecule has 1 aromatic heterocycles. The molecule has 0 saturated carbocycles. The fraction of sp³-hybridized carbons (Fsp3) is 0.158. The third-order valence-electron chi connectivity index (χ3n) is 4.03. The number of benzene rings is 2. The van der Waals surface area contributed by atoms with Crippen molar-refractivity contribution in [3.05, 3.63) is 66.0 Å². The van der Waals surface area contributed by atoms with Gasteiger partial charge in [0, 0.05) is 18.0 Å². The minimum atomic E-state index is -4.45. The molecular weight excluding hydrogens is 391 g/mol. The second-order valence-electron chi connectivity index (χ2n) is 6.06. The number of halogens is 3. The molecule has 29 heavy (non-hydrogen) atoms. The van der Waals surface area contributed by atoms with E-state index in [0.29, 0.717) is 17.2 Å². The number of nitrogens with zero attached hydrogens (tertiary/aromatic N) is 2. The number of nitrogens with one attached hydrogen (secondary N) is 1. The summed E-state index contributed by atoms with van der Waals surface area (Å²) >= 11 is 0. The summed E-state index contributed by atoms with van der Waals surface area (Å²) < 4.78 is 55.3. The van der Waals surface area contributed by atoms with E-state index in [0.717, 1.165) is 12.1 Å². The molecule has 4 rings (SSSR count). The van der Waals surface area contributed by atoms with Crippen molar-refractivity contribution in [1.29, 1.82) is 0 Å². The summed E-state index contributed by atoms with van der Waals surface area (Å²) in [6.45, 7) is -0.0262. The van der Waals surface area contributed by atoms with Gasteiger partial charge in [-0.05, 0) is 36.4 Å². The highest BCUT2D eigenvalue weighted by Gasteiger charge is 2.30. The van der Waals surface area contributed by atoms with E-state index in [2.05, 4.69) is 10.4 Å². The zero-order valence-electron chi connectivity index (χ0n) is 14.8. The van der Waals surface area contributed by atoms with E-state index in [-0.39, 0.29) is 25.0 Å². The molecule has 0 spiro atoms. The highest BCUT2D eigenvalue weighted by atomic mass is 19.4. The molecule has 0 unspecified atom stereocenters. The Labute approximate surface area is 162 Å². The van der Waals surface area contributed by atoms with Crippen LogP contribution >= 0.6 is 0 Å². The molecule has 0 saturated heterocycles. The monoisotopic (exact) mass is 405 g/mol. The van der Waals surface area contributed by atoms with E-state index in [1.165, 1.54) is 29.1 Å². The van der Waals surface area contributed by atoms with Gasteiger partial charge in [-0.25, -0.2) is 4.68 Å². The first-order valence-corrected chi connectivity index (χ1v) is 8.43. The molecule has 1 aliphatic heterocycles. The Bertz CT molecular complexity index is 1050. The van der Waals surface area contributed by atoms with Crippen LogP contribution in [0.15, 0.2) is 54.7 Å². The third-order valence-corrected chi connectivity index (χ3v) is 4.03. The van der Waals surface area contributed by atoms with Crippen molar-refractivity contribution in [3.63, 3.8) is 0 Å². The van der Waals surface area contributed by atoms with Gasteiger partial charge in [0.1, 0.15) is 5.75 Å². The molecule has 150 valence electrons. The molecule has 1 N–H and O–H groups in total. The number of rotatable bonds is 5. The van der Waals surface area contributed by atoms with Crippen LogP contribution in [-0.4, -0.2) is 22.5 Å². The molecule has 7 nitrogen and oxygen atoms in total. The van der Waals surface area contributed by atoms with E-state index in [1.807, 2.05) is 0 Å². The number of aromatic nitrogens is 2. The first kappa shape index (κ1) is 18.7. The number of carbonyl (C=O) groups is 1. The Balaban J connectivity index is 1.37. The van der Waals surface area contributed by atoms with Crippen molar-refractivity contribution in [2.75, 3.05) is 12.1 Å². The molecular formula is C19H14F3N3O4. The van der Waals surface area contributed by atoms with Gasteiger partial charge in [0.05, 0.1) is 5.56 Å². The first-order chi connectivity index (χ1) is 13.9. The van der Waals surface area contributed by atoms with Crippen molar-refractivity contribution in [3.8, 4) is 17.2 Å². The van der Waals surface area contributed by atoms with Crippen LogP contribution in [0, 0.1) is 0 Å². The number of ether oxygens (including phenoxy) is 3. The predicted molar refractivity (Wildman–Crippen MR) is 94.8 cm³/mol. The number of carbonyl (C=O) groups excluding carboxylic acids is 1. The van der Waals surface area contributed by atoms with Crippen molar-refractivity contribution in [1.82, 2.24) is 9.78 Å². The standard InChI is InChI=1S/C19H14F3N3O4/c20-19(21,22)12-2-1-3-14(8-12)27-10-25-7-6-15(24-25)18(26)23-13-4-5-16-17(9-13)29-11-28-16/h1-9H,10-11H2,(H,23,26). The summed E-state index contributed by atoms with van der Waals surface area (Å²) in [6.07, 6.45) is -2.97. The van der Waals surface area contributed by atoms with Crippen LogP contribution in [0.5, 0.6) is 17.2 Å². The van der Waals surface area contributed by atoms with Crippen LogP contribution in [0.1, 0.15) is 16.1 Å². The SMILES string of the molecule is O=C(Nc1ccc2c(c1)OCO2)c1ccn(COc2cccc(C(F)(F)F)c2)n1. The van der Waals surface area contributed by atoms with Gasteiger partial charge in [-0.3, -0.25) is 4.79 Å². The van der Waals surface area contributed by atoms with Crippen molar-refractivity contribution in [2.24, 2.45) is 0 Å². The van der Waals surface area contributed by atoms with Gasteiger partial charge in [-0.15, -0.1) is 0 Å². The second kappa shape index (κ2) is 7.38. The Morgan fingerprint density at radius 3 is 2.79 bits per heavy atom. The predicted octanol–water partition coefficient (Wildman–Crippen LogP) is 3.92. The lowest BCUT2D eigenvalue weighted by molar-refractivity contribution is -0.137. The van der Waals surface area contributed by atoms with Crippen LogP contribution in [-0.2, 0) is 12.9 Å². The molecule has 0 aliphatic carbocycles. The second-order valence-corrected chi connectivity index (χ2v) is 6.06. The third kappa shape index (κ3) is 4.26. The fourth-order valence-electron chi connectivity index (χ4n) is 2.63. The summed E-state index contributed by atoms with van der Waals surface area (Å²) in [6, 6.07) is 11.0. The maximum atomic E-state index is 12.7.